The lowest BCUT2D eigenvalue weighted by molar-refractivity contribution is 0.757. The van der Waals surface area contributed by atoms with Crippen LogP contribution in [0.25, 0.3) is 0 Å². The predicted molar refractivity (Wildman–Crippen MR) is 82.9 cm³/mol. The second kappa shape index (κ2) is 6.62. The zero-order valence-electron chi connectivity index (χ0n) is 10.2. The van der Waals surface area contributed by atoms with E-state index < -0.39 is 0 Å². The molecule has 1 nitrogen and oxygen atoms in total. The summed E-state index contributed by atoms with van der Waals surface area (Å²) in [5.74, 6) is 0.929. The molecule has 0 saturated heterocycles. The maximum absolute atomic E-state index is 6.14. The molecule has 0 radical (unpaired) electrons. The number of hydrogen-bond acceptors (Lipinski definition) is 3. The largest absolute Gasteiger partial charge is 0.327 e. The average Bonchev–Trinajstić information content (AvgIpc) is 2.74. The number of nitrogens with two attached hydrogens (primary N) is 1. The van der Waals surface area contributed by atoms with Crippen LogP contribution < -0.4 is 5.73 Å². The SMILES string of the molecule is Cc1ccc(SCC(N)Cc2ccc(Cl)s2)cc1. The van der Waals surface area contributed by atoms with E-state index >= 15 is 0 Å². The van der Waals surface area contributed by atoms with Gasteiger partial charge in [-0.3, -0.25) is 0 Å². The highest BCUT2D eigenvalue weighted by Crippen LogP contribution is 2.24. The van der Waals surface area contributed by atoms with Gasteiger partial charge in [0.2, 0.25) is 0 Å². The van der Waals surface area contributed by atoms with E-state index in [9.17, 15) is 0 Å². The highest BCUT2D eigenvalue weighted by molar-refractivity contribution is 7.99. The van der Waals surface area contributed by atoms with Crippen LogP contribution in [0, 0.1) is 6.92 Å². The first kappa shape index (κ1) is 13.9. The van der Waals surface area contributed by atoms with Gasteiger partial charge in [-0.1, -0.05) is 29.3 Å². The Balaban J connectivity index is 1.81. The second-order valence-electron chi connectivity index (χ2n) is 4.29. The van der Waals surface area contributed by atoms with Crippen LogP contribution in [0.5, 0.6) is 0 Å². The lowest BCUT2D eigenvalue weighted by Crippen LogP contribution is -2.25. The molecule has 1 aromatic heterocycles. The number of aryl methyl sites for hydroxylation is 1. The van der Waals surface area contributed by atoms with Crippen LogP contribution in [-0.2, 0) is 6.42 Å². The van der Waals surface area contributed by atoms with Crippen LogP contribution in [0.3, 0.4) is 0 Å². The molecule has 0 aliphatic carbocycles. The number of thiophene rings is 1. The Kier molecular flexibility index (Phi) is 5.13. The van der Waals surface area contributed by atoms with Crippen molar-refractivity contribution in [1.29, 1.82) is 0 Å². The minimum atomic E-state index is 0.172. The molecule has 0 fully saturated rings. The van der Waals surface area contributed by atoms with Crippen LogP contribution in [0.1, 0.15) is 10.4 Å². The number of rotatable bonds is 5. The maximum atomic E-state index is 6.14. The number of thioether (sulfide) groups is 1. The highest BCUT2D eigenvalue weighted by atomic mass is 35.5. The molecule has 4 heteroatoms. The summed E-state index contributed by atoms with van der Waals surface area (Å²) >= 11 is 9.33. The van der Waals surface area contributed by atoms with Gasteiger partial charge in [-0.2, -0.15) is 0 Å². The summed E-state index contributed by atoms with van der Waals surface area (Å²) in [5.41, 5.74) is 7.42. The fourth-order valence-electron chi connectivity index (χ4n) is 1.62. The van der Waals surface area contributed by atoms with Gasteiger partial charge in [0.25, 0.3) is 0 Å². The maximum Gasteiger partial charge on any atom is 0.0931 e. The molecule has 0 amide bonds. The van der Waals surface area contributed by atoms with E-state index in [4.69, 9.17) is 17.3 Å². The molecule has 1 aromatic carbocycles. The molecule has 96 valence electrons. The molecule has 0 saturated carbocycles. The van der Waals surface area contributed by atoms with Crippen molar-refractivity contribution in [2.45, 2.75) is 24.3 Å². The fraction of sp³-hybridized carbons (Fsp3) is 0.286. The Morgan fingerprint density at radius 3 is 2.56 bits per heavy atom. The van der Waals surface area contributed by atoms with Gasteiger partial charge in [-0.05, 0) is 37.6 Å². The molecule has 0 bridgehead atoms. The van der Waals surface area contributed by atoms with E-state index in [0.29, 0.717) is 0 Å². The lowest BCUT2D eigenvalue weighted by atomic mass is 10.2. The minimum Gasteiger partial charge on any atom is -0.327 e. The summed E-state index contributed by atoms with van der Waals surface area (Å²) in [6.45, 7) is 2.10. The summed E-state index contributed by atoms with van der Waals surface area (Å²) in [6.07, 6.45) is 0.899. The first-order chi connectivity index (χ1) is 8.63. The van der Waals surface area contributed by atoms with Crippen LogP contribution in [0.15, 0.2) is 41.3 Å². The average molecular weight is 298 g/mol. The summed E-state index contributed by atoms with van der Waals surface area (Å²) < 4.78 is 0.836. The van der Waals surface area contributed by atoms with E-state index in [2.05, 4.69) is 37.3 Å². The molecule has 1 atom stereocenters. The number of hydrogen-bond donors (Lipinski definition) is 1. The summed E-state index contributed by atoms with van der Waals surface area (Å²) in [6, 6.07) is 12.7. The topological polar surface area (TPSA) is 26.0 Å². The van der Waals surface area contributed by atoms with Gasteiger partial charge in [-0.15, -0.1) is 23.1 Å². The Morgan fingerprint density at radius 1 is 1.22 bits per heavy atom. The van der Waals surface area contributed by atoms with Crippen molar-refractivity contribution in [2.75, 3.05) is 5.75 Å². The second-order valence-corrected chi connectivity index (χ2v) is 7.19. The van der Waals surface area contributed by atoms with E-state index in [1.165, 1.54) is 15.3 Å². The van der Waals surface area contributed by atoms with E-state index in [0.717, 1.165) is 16.5 Å². The van der Waals surface area contributed by atoms with Gasteiger partial charge < -0.3 is 5.73 Å². The van der Waals surface area contributed by atoms with Crippen molar-refractivity contribution in [3.63, 3.8) is 0 Å². The van der Waals surface area contributed by atoms with Gasteiger partial charge in [-0.25, -0.2) is 0 Å². The smallest absolute Gasteiger partial charge is 0.0931 e. The Hall–Kier alpha value is -0.480. The van der Waals surface area contributed by atoms with Crippen molar-refractivity contribution < 1.29 is 0 Å². The number of halogens is 1. The van der Waals surface area contributed by atoms with Gasteiger partial charge in [0.1, 0.15) is 0 Å². The molecule has 2 aromatic rings. The molecule has 2 N–H and O–H groups in total. The fourth-order valence-corrected chi connectivity index (χ4v) is 3.65. The van der Waals surface area contributed by atoms with Gasteiger partial charge >= 0.3 is 0 Å². The number of benzene rings is 1. The molecule has 1 unspecified atom stereocenters. The minimum absolute atomic E-state index is 0.172. The molecule has 18 heavy (non-hydrogen) atoms. The Morgan fingerprint density at radius 2 is 1.94 bits per heavy atom. The molecule has 0 aliphatic heterocycles. The van der Waals surface area contributed by atoms with Crippen molar-refractivity contribution in [1.82, 2.24) is 0 Å². The highest BCUT2D eigenvalue weighted by Gasteiger charge is 2.07. The van der Waals surface area contributed by atoms with E-state index in [1.807, 2.05) is 17.8 Å². The van der Waals surface area contributed by atoms with Gasteiger partial charge in [0.15, 0.2) is 0 Å². The quantitative estimate of drug-likeness (QED) is 0.829. The third kappa shape index (κ3) is 4.32. The van der Waals surface area contributed by atoms with Crippen molar-refractivity contribution in [3.8, 4) is 0 Å². The van der Waals surface area contributed by atoms with Crippen molar-refractivity contribution >= 4 is 34.7 Å². The molecule has 0 spiro atoms. The molecule has 0 aliphatic rings. The monoisotopic (exact) mass is 297 g/mol. The first-order valence-corrected chi connectivity index (χ1v) is 8.01. The Labute approximate surface area is 121 Å². The van der Waals surface area contributed by atoms with Crippen molar-refractivity contribution in [2.24, 2.45) is 5.73 Å². The summed E-state index contributed by atoms with van der Waals surface area (Å²) in [5, 5.41) is 0. The van der Waals surface area contributed by atoms with Gasteiger partial charge in [0, 0.05) is 21.6 Å². The molecule has 2 rings (SSSR count). The molecular formula is C14H16ClNS2. The standard InChI is InChI=1S/C14H16ClNS2/c1-10-2-4-12(5-3-10)17-9-11(16)8-13-6-7-14(15)18-13/h2-7,11H,8-9,16H2,1H3. The van der Waals surface area contributed by atoms with Crippen LogP contribution >= 0.6 is 34.7 Å². The summed E-state index contributed by atoms with van der Waals surface area (Å²) in [4.78, 5) is 2.54. The zero-order valence-corrected chi connectivity index (χ0v) is 12.6. The Bertz CT molecular complexity index is 493. The van der Waals surface area contributed by atoms with E-state index in [1.54, 1.807) is 11.3 Å². The first-order valence-electron chi connectivity index (χ1n) is 5.83. The lowest BCUT2D eigenvalue weighted by Gasteiger charge is -2.10. The van der Waals surface area contributed by atoms with Crippen LogP contribution in [0.2, 0.25) is 4.34 Å². The predicted octanol–water partition coefficient (Wildman–Crippen LogP) is 4.37. The van der Waals surface area contributed by atoms with Crippen molar-refractivity contribution in [3.05, 3.63) is 51.2 Å². The molecule has 1 heterocycles. The third-order valence-corrected chi connectivity index (χ3v) is 5.03. The third-order valence-electron chi connectivity index (χ3n) is 2.58. The van der Waals surface area contributed by atoms with Crippen LogP contribution in [-0.4, -0.2) is 11.8 Å². The normalized spacial score (nSPS) is 12.6. The van der Waals surface area contributed by atoms with E-state index in [-0.39, 0.29) is 6.04 Å². The summed E-state index contributed by atoms with van der Waals surface area (Å²) in [7, 11) is 0. The molecular weight excluding hydrogens is 282 g/mol. The van der Waals surface area contributed by atoms with Crippen LogP contribution in [0.4, 0.5) is 0 Å². The van der Waals surface area contributed by atoms with Gasteiger partial charge in [0.05, 0.1) is 4.34 Å². The zero-order chi connectivity index (χ0) is 13.0.